The van der Waals surface area contributed by atoms with Gasteiger partial charge < -0.3 is 29.5 Å². The van der Waals surface area contributed by atoms with E-state index in [9.17, 15) is 20.1 Å². The largest absolute Gasteiger partial charge is 0.507 e. The molecule has 7 heteroatoms. The number of benzene rings is 2. The quantitative estimate of drug-likeness (QED) is 0.756. The lowest BCUT2D eigenvalue weighted by Crippen LogP contribution is -2.39. The Hall–Kier alpha value is -2.93. The lowest BCUT2D eigenvalue weighted by molar-refractivity contribution is -0.0598. The van der Waals surface area contributed by atoms with E-state index in [0.29, 0.717) is 17.1 Å². The molecule has 0 saturated carbocycles. The van der Waals surface area contributed by atoms with Crippen LogP contribution in [0.2, 0.25) is 0 Å². The first-order chi connectivity index (χ1) is 12.4. The molecule has 0 aliphatic carbocycles. The van der Waals surface area contributed by atoms with Crippen LogP contribution in [-0.4, -0.2) is 34.2 Å². The smallest absolute Gasteiger partial charge is 0.231 e. The molecule has 2 aromatic carbocycles. The Morgan fingerprint density at radius 1 is 1.08 bits per heavy atom. The first-order valence-corrected chi connectivity index (χ1v) is 8.21. The molecular formula is C19H18O7. The molecule has 2 atom stereocenters. The Labute approximate surface area is 149 Å². The van der Waals surface area contributed by atoms with Crippen molar-refractivity contribution in [2.24, 2.45) is 5.92 Å². The van der Waals surface area contributed by atoms with E-state index in [0.717, 1.165) is 5.56 Å². The van der Waals surface area contributed by atoms with Crippen molar-refractivity contribution in [2.45, 2.75) is 26.6 Å². The van der Waals surface area contributed by atoms with E-state index in [1.54, 1.807) is 25.1 Å². The van der Waals surface area contributed by atoms with Crippen molar-refractivity contribution in [3.63, 3.8) is 0 Å². The van der Waals surface area contributed by atoms with Crippen LogP contribution >= 0.6 is 0 Å². The summed E-state index contributed by atoms with van der Waals surface area (Å²) in [5, 5.41) is 30.7. The number of hydrogen-bond donors (Lipinski definition) is 3. The summed E-state index contributed by atoms with van der Waals surface area (Å²) >= 11 is 0. The summed E-state index contributed by atoms with van der Waals surface area (Å²) in [6.45, 7) is 3.23. The van der Waals surface area contributed by atoms with Crippen LogP contribution in [0, 0.1) is 19.8 Å². The lowest BCUT2D eigenvalue weighted by atomic mass is 9.85. The molecule has 2 heterocycles. The number of aliphatic hydroxyl groups excluding tert-OH is 1. The van der Waals surface area contributed by atoms with Crippen LogP contribution in [-0.2, 0) is 6.42 Å². The van der Waals surface area contributed by atoms with Crippen LogP contribution in [0.1, 0.15) is 27.0 Å². The number of rotatable bonds is 2. The number of aromatic hydroxyl groups is 2. The Bertz CT molecular complexity index is 919. The zero-order valence-electron chi connectivity index (χ0n) is 14.3. The minimum absolute atomic E-state index is 0.00570. The van der Waals surface area contributed by atoms with Gasteiger partial charge in [-0.05, 0) is 38.0 Å². The van der Waals surface area contributed by atoms with E-state index in [4.69, 9.17) is 14.2 Å². The summed E-state index contributed by atoms with van der Waals surface area (Å²) in [6, 6.07) is 5.29. The van der Waals surface area contributed by atoms with Crippen molar-refractivity contribution in [1.82, 2.24) is 0 Å². The summed E-state index contributed by atoms with van der Waals surface area (Å²) in [5.41, 5.74) is 1.28. The number of ketones is 1. The second kappa shape index (κ2) is 5.81. The minimum atomic E-state index is -1.39. The monoisotopic (exact) mass is 358 g/mol. The van der Waals surface area contributed by atoms with Crippen molar-refractivity contribution in [1.29, 1.82) is 0 Å². The van der Waals surface area contributed by atoms with Gasteiger partial charge in [0.1, 0.15) is 22.8 Å². The number of aliphatic hydroxyl groups is 1. The molecule has 3 N–H and O–H groups in total. The summed E-state index contributed by atoms with van der Waals surface area (Å²) in [7, 11) is 0. The topological polar surface area (TPSA) is 105 Å². The van der Waals surface area contributed by atoms with Gasteiger partial charge in [-0.25, -0.2) is 0 Å². The second-order valence-corrected chi connectivity index (χ2v) is 6.52. The highest BCUT2D eigenvalue weighted by Gasteiger charge is 2.40. The first-order valence-electron chi connectivity index (χ1n) is 8.21. The van der Waals surface area contributed by atoms with Gasteiger partial charge >= 0.3 is 0 Å². The zero-order chi connectivity index (χ0) is 18.6. The third kappa shape index (κ3) is 2.35. The molecular weight excluding hydrogens is 340 g/mol. The van der Waals surface area contributed by atoms with Crippen molar-refractivity contribution >= 4 is 5.78 Å². The van der Waals surface area contributed by atoms with E-state index in [2.05, 4.69) is 0 Å². The highest BCUT2D eigenvalue weighted by molar-refractivity contribution is 6.05. The average Bonchev–Trinajstić information content (AvgIpc) is 3.09. The fourth-order valence-corrected chi connectivity index (χ4v) is 3.39. The number of ether oxygens (including phenoxy) is 3. The van der Waals surface area contributed by atoms with Crippen LogP contribution in [0.5, 0.6) is 28.7 Å². The number of Topliss-reactive ketones (excluding diaryl/α,β-unsaturated/α-hetero) is 1. The van der Waals surface area contributed by atoms with Crippen LogP contribution in [0.15, 0.2) is 18.2 Å². The van der Waals surface area contributed by atoms with Gasteiger partial charge in [0.25, 0.3) is 0 Å². The molecule has 2 aliphatic rings. The van der Waals surface area contributed by atoms with E-state index in [-0.39, 0.29) is 41.6 Å². The van der Waals surface area contributed by atoms with E-state index < -0.39 is 18.0 Å². The zero-order valence-corrected chi connectivity index (χ0v) is 14.3. The fourth-order valence-electron chi connectivity index (χ4n) is 3.39. The molecule has 26 heavy (non-hydrogen) atoms. The molecule has 0 aromatic heterocycles. The maximum atomic E-state index is 13.0. The van der Waals surface area contributed by atoms with E-state index in [1.165, 1.54) is 6.92 Å². The predicted octanol–water partition coefficient (Wildman–Crippen LogP) is 2.20. The van der Waals surface area contributed by atoms with E-state index >= 15 is 0 Å². The van der Waals surface area contributed by atoms with Gasteiger partial charge in [0.2, 0.25) is 13.1 Å². The molecule has 0 amide bonds. The molecule has 2 aromatic rings. The number of hydrogen-bond acceptors (Lipinski definition) is 7. The molecule has 0 unspecified atom stereocenters. The number of phenolic OH excluding ortho intramolecular Hbond substituents is 2. The SMILES string of the molecule is Cc1c(O)c(C)c2c(c1O)C(=O)[C@@H](Cc1ccc3c(c1)OCO3)[C@H](O)O2. The van der Waals surface area contributed by atoms with Gasteiger partial charge in [-0.2, -0.15) is 0 Å². The van der Waals surface area contributed by atoms with E-state index in [1.807, 2.05) is 0 Å². The van der Waals surface area contributed by atoms with Crippen LogP contribution in [0.3, 0.4) is 0 Å². The Morgan fingerprint density at radius 2 is 1.81 bits per heavy atom. The molecule has 0 fully saturated rings. The Kier molecular flexibility index (Phi) is 3.69. The van der Waals surface area contributed by atoms with Gasteiger partial charge in [-0.3, -0.25) is 4.79 Å². The summed E-state index contributed by atoms with van der Waals surface area (Å²) in [4.78, 5) is 13.0. The number of carbonyl (C=O) groups is 1. The van der Waals surface area contributed by atoms with Crippen LogP contribution < -0.4 is 14.2 Å². The normalized spacial score (nSPS) is 20.7. The molecule has 0 bridgehead atoms. The van der Waals surface area contributed by atoms with Crippen molar-refractivity contribution in [2.75, 3.05) is 6.79 Å². The first kappa shape index (κ1) is 16.5. The second-order valence-electron chi connectivity index (χ2n) is 6.52. The Balaban J connectivity index is 1.71. The highest BCUT2D eigenvalue weighted by atomic mass is 16.7. The Morgan fingerprint density at radius 3 is 2.58 bits per heavy atom. The van der Waals surface area contributed by atoms with Gasteiger partial charge in [0.15, 0.2) is 17.3 Å². The molecule has 136 valence electrons. The van der Waals surface area contributed by atoms with Crippen LogP contribution in [0.25, 0.3) is 0 Å². The van der Waals surface area contributed by atoms with Gasteiger partial charge in [-0.1, -0.05) is 6.07 Å². The number of phenols is 2. The van der Waals surface area contributed by atoms with Gasteiger partial charge in [0.05, 0.1) is 5.92 Å². The molecule has 7 nitrogen and oxygen atoms in total. The maximum Gasteiger partial charge on any atom is 0.231 e. The predicted molar refractivity (Wildman–Crippen MR) is 90.0 cm³/mol. The number of carbonyl (C=O) groups excluding carboxylic acids is 1. The molecule has 2 aliphatic heterocycles. The summed E-state index contributed by atoms with van der Waals surface area (Å²) in [6.07, 6.45) is -1.19. The van der Waals surface area contributed by atoms with Crippen molar-refractivity contribution in [3.8, 4) is 28.7 Å². The fraction of sp³-hybridized carbons (Fsp3) is 0.316. The van der Waals surface area contributed by atoms with Gasteiger partial charge in [0, 0.05) is 11.1 Å². The summed E-state index contributed by atoms with van der Waals surface area (Å²) in [5.74, 6) is -0.570. The van der Waals surface area contributed by atoms with Gasteiger partial charge in [-0.15, -0.1) is 0 Å². The molecule has 0 saturated heterocycles. The standard InChI is InChI=1S/C19H18O7/c1-8-15(20)9(2)18-14(16(8)21)17(22)11(19(23)26-18)5-10-3-4-12-13(6-10)25-7-24-12/h3-4,6,11,19-21,23H,5,7H2,1-2H3/t11-,19-/m1/s1. The third-order valence-electron chi connectivity index (χ3n) is 4.93. The molecule has 0 spiro atoms. The third-order valence-corrected chi connectivity index (χ3v) is 4.93. The van der Waals surface area contributed by atoms with Crippen LogP contribution in [0.4, 0.5) is 0 Å². The molecule has 4 rings (SSSR count). The maximum absolute atomic E-state index is 13.0. The summed E-state index contributed by atoms with van der Waals surface area (Å²) < 4.78 is 16.1. The van der Waals surface area contributed by atoms with Crippen molar-refractivity contribution in [3.05, 3.63) is 40.5 Å². The van der Waals surface area contributed by atoms with Crippen molar-refractivity contribution < 1.29 is 34.3 Å². The average molecular weight is 358 g/mol. The lowest BCUT2D eigenvalue weighted by Gasteiger charge is -2.31. The number of fused-ring (bicyclic) bond motifs is 2. The highest BCUT2D eigenvalue weighted by Crippen LogP contribution is 2.46. The minimum Gasteiger partial charge on any atom is -0.507 e. The molecule has 0 radical (unpaired) electrons.